The highest BCUT2D eigenvalue weighted by atomic mass is 16.2. The first-order valence-electron chi connectivity index (χ1n) is 6.57. The van der Waals surface area contributed by atoms with Crippen molar-refractivity contribution in [2.24, 2.45) is 0 Å². The summed E-state index contributed by atoms with van der Waals surface area (Å²) in [5.41, 5.74) is 1.39. The van der Waals surface area contributed by atoms with E-state index in [9.17, 15) is 4.79 Å². The van der Waals surface area contributed by atoms with Crippen LogP contribution in [0.3, 0.4) is 0 Å². The smallest absolute Gasteiger partial charge is 0.274 e. The highest BCUT2D eigenvalue weighted by Gasteiger charge is 2.19. The number of pyridine rings is 1. The molecule has 0 unspecified atom stereocenters. The summed E-state index contributed by atoms with van der Waals surface area (Å²) in [7, 11) is 0. The van der Waals surface area contributed by atoms with E-state index < -0.39 is 0 Å². The Kier molecular flexibility index (Phi) is 3.00. The minimum Gasteiger partial charge on any atom is -0.337 e. The average molecular weight is 243 g/mol. The highest BCUT2D eigenvalue weighted by molar-refractivity contribution is 5.92. The lowest BCUT2D eigenvalue weighted by atomic mass is 10.2. The minimum atomic E-state index is 0.0700. The third-order valence-corrected chi connectivity index (χ3v) is 3.48. The summed E-state index contributed by atoms with van der Waals surface area (Å²) in [6, 6.07) is 5.79. The van der Waals surface area contributed by atoms with Gasteiger partial charge in [0.1, 0.15) is 11.3 Å². The Balaban J connectivity index is 1.86. The molecule has 2 aromatic rings. The second-order valence-electron chi connectivity index (χ2n) is 4.80. The zero-order valence-corrected chi connectivity index (χ0v) is 10.4. The largest absolute Gasteiger partial charge is 0.337 e. The highest BCUT2D eigenvalue weighted by Crippen LogP contribution is 2.13. The van der Waals surface area contributed by atoms with E-state index in [2.05, 4.69) is 4.98 Å². The van der Waals surface area contributed by atoms with Crippen LogP contribution in [0, 0.1) is 0 Å². The predicted molar refractivity (Wildman–Crippen MR) is 69.6 cm³/mol. The molecule has 1 amide bonds. The number of hydrogen-bond donors (Lipinski definition) is 0. The molecule has 1 aliphatic heterocycles. The van der Waals surface area contributed by atoms with Crippen LogP contribution in [0.25, 0.3) is 5.65 Å². The fourth-order valence-corrected chi connectivity index (χ4v) is 2.47. The van der Waals surface area contributed by atoms with Gasteiger partial charge >= 0.3 is 0 Å². The van der Waals surface area contributed by atoms with Gasteiger partial charge in [-0.05, 0) is 25.0 Å². The van der Waals surface area contributed by atoms with Crippen LogP contribution in [0.2, 0.25) is 0 Å². The van der Waals surface area contributed by atoms with Crippen molar-refractivity contribution in [2.75, 3.05) is 13.1 Å². The zero-order valence-electron chi connectivity index (χ0n) is 10.4. The lowest BCUT2D eigenvalue weighted by Crippen LogP contribution is -2.32. The molecule has 1 saturated heterocycles. The molecule has 4 heteroatoms. The van der Waals surface area contributed by atoms with Crippen LogP contribution in [0.1, 0.15) is 36.2 Å². The number of fused-ring (bicyclic) bond motifs is 1. The summed E-state index contributed by atoms with van der Waals surface area (Å²) in [4.78, 5) is 18.7. The van der Waals surface area contributed by atoms with E-state index in [1.54, 1.807) is 0 Å². The van der Waals surface area contributed by atoms with Gasteiger partial charge in [0.25, 0.3) is 5.91 Å². The zero-order chi connectivity index (χ0) is 12.4. The number of likely N-dealkylation sites (tertiary alicyclic amines) is 1. The quantitative estimate of drug-likeness (QED) is 0.771. The molecule has 2 aromatic heterocycles. The maximum absolute atomic E-state index is 12.4. The van der Waals surface area contributed by atoms with Crippen LogP contribution in [0.5, 0.6) is 0 Å². The summed E-state index contributed by atoms with van der Waals surface area (Å²) < 4.78 is 1.89. The van der Waals surface area contributed by atoms with Crippen LogP contribution >= 0.6 is 0 Å². The van der Waals surface area contributed by atoms with E-state index >= 15 is 0 Å². The van der Waals surface area contributed by atoms with Gasteiger partial charge in [-0.15, -0.1) is 0 Å². The van der Waals surface area contributed by atoms with E-state index in [-0.39, 0.29) is 5.91 Å². The molecule has 3 heterocycles. The van der Waals surface area contributed by atoms with Crippen LogP contribution in [-0.4, -0.2) is 33.3 Å². The van der Waals surface area contributed by atoms with Gasteiger partial charge in [-0.3, -0.25) is 4.79 Å². The van der Waals surface area contributed by atoms with Crippen molar-refractivity contribution in [1.82, 2.24) is 14.3 Å². The molecule has 3 rings (SSSR count). The number of amides is 1. The van der Waals surface area contributed by atoms with E-state index in [0.717, 1.165) is 31.6 Å². The van der Waals surface area contributed by atoms with Gasteiger partial charge in [0.05, 0.1) is 0 Å². The Bertz CT molecular complexity index is 520. The summed E-state index contributed by atoms with van der Waals surface area (Å²) in [6.45, 7) is 1.74. The van der Waals surface area contributed by atoms with Gasteiger partial charge in [-0.2, -0.15) is 0 Å². The van der Waals surface area contributed by atoms with Crippen molar-refractivity contribution in [3.05, 3.63) is 36.3 Å². The normalized spacial score (nSPS) is 16.8. The molecule has 0 aliphatic carbocycles. The number of nitrogens with zero attached hydrogens (tertiary/aromatic N) is 3. The number of rotatable bonds is 1. The molecule has 94 valence electrons. The molecule has 4 nitrogen and oxygen atoms in total. The molecule has 0 spiro atoms. The van der Waals surface area contributed by atoms with Gasteiger partial charge in [-0.25, -0.2) is 4.98 Å². The first-order valence-corrected chi connectivity index (χ1v) is 6.57. The molecule has 0 bridgehead atoms. The van der Waals surface area contributed by atoms with Gasteiger partial charge in [0.15, 0.2) is 0 Å². The van der Waals surface area contributed by atoms with Crippen molar-refractivity contribution < 1.29 is 4.79 Å². The van der Waals surface area contributed by atoms with Gasteiger partial charge in [0.2, 0.25) is 0 Å². The molecular formula is C14H17N3O. The van der Waals surface area contributed by atoms with E-state index in [1.807, 2.05) is 39.9 Å². The summed E-state index contributed by atoms with van der Waals surface area (Å²) in [5, 5.41) is 0. The van der Waals surface area contributed by atoms with E-state index in [1.165, 1.54) is 12.8 Å². The monoisotopic (exact) mass is 243 g/mol. The Morgan fingerprint density at radius 2 is 1.89 bits per heavy atom. The molecular weight excluding hydrogens is 226 g/mol. The lowest BCUT2D eigenvalue weighted by molar-refractivity contribution is 0.0756. The molecule has 18 heavy (non-hydrogen) atoms. The lowest BCUT2D eigenvalue weighted by Gasteiger charge is -2.18. The molecule has 0 aromatic carbocycles. The number of carbonyl (C=O) groups excluding carboxylic acids is 1. The second-order valence-corrected chi connectivity index (χ2v) is 4.80. The summed E-state index contributed by atoms with van der Waals surface area (Å²) in [6.07, 6.45) is 8.42. The topological polar surface area (TPSA) is 37.6 Å². The van der Waals surface area contributed by atoms with E-state index in [4.69, 9.17) is 0 Å². The first kappa shape index (κ1) is 11.3. The van der Waals surface area contributed by atoms with Crippen molar-refractivity contribution in [3.8, 4) is 0 Å². The van der Waals surface area contributed by atoms with Crippen LogP contribution in [0.4, 0.5) is 0 Å². The van der Waals surface area contributed by atoms with Crippen LogP contribution in [-0.2, 0) is 0 Å². The SMILES string of the molecule is O=C(c1cn2ccccc2n1)N1CCCCCC1. The number of imidazole rings is 1. The maximum Gasteiger partial charge on any atom is 0.274 e. The second kappa shape index (κ2) is 4.80. The standard InChI is InChI=1S/C14H17N3O/c18-14(16-8-4-1-2-5-9-16)12-11-17-10-6-3-7-13(17)15-12/h3,6-7,10-11H,1-2,4-5,8-9H2. The van der Waals surface area contributed by atoms with Gasteiger partial charge in [-0.1, -0.05) is 18.9 Å². The number of hydrogen-bond acceptors (Lipinski definition) is 2. The van der Waals surface area contributed by atoms with Crippen molar-refractivity contribution in [2.45, 2.75) is 25.7 Å². The Morgan fingerprint density at radius 1 is 1.11 bits per heavy atom. The number of carbonyl (C=O) groups is 1. The first-order chi connectivity index (χ1) is 8.84. The van der Waals surface area contributed by atoms with Crippen LogP contribution in [0.15, 0.2) is 30.6 Å². The fourth-order valence-electron chi connectivity index (χ4n) is 2.47. The fraction of sp³-hybridized carbons (Fsp3) is 0.429. The van der Waals surface area contributed by atoms with Crippen LogP contribution < -0.4 is 0 Å². The third-order valence-electron chi connectivity index (χ3n) is 3.48. The Hall–Kier alpha value is -1.84. The number of aromatic nitrogens is 2. The Labute approximate surface area is 106 Å². The van der Waals surface area contributed by atoms with Gasteiger partial charge in [0, 0.05) is 25.5 Å². The Morgan fingerprint density at radius 3 is 2.61 bits per heavy atom. The minimum absolute atomic E-state index is 0.0700. The maximum atomic E-state index is 12.4. The van der Waals surface area contributed by atoms with Crippen molar-refractivity contribution in [3.63, 3.8) is 0 Å². The third kappa shape index (κ3) is 2.10. The summed E-state index contributed by atoms with van der Waals surface area (Å²) in [5.74, 6) is 0.0700. The molecule has 0 saturated carbocycles. The van der Waals surface area contributed by atoms with E-state index in [0.29, 0.717) is 5.69 Å². The molecule has 0 N–H and O–H groups in total. The molecule has 0 radical (unpaired) electrons. The molecule has 1 aliphatic rings. The van der Waals surface area contributed by atoms with Crippen molar-refractivity contribution >= 4 is 11.6 Å². The van der Waals surface area contributed by atoms with Crippen molar-refractivity contribution in [1.29, 1.82) is 0 Å². The van der Waals surface area contributed by atoms with Gasteiger partial charge < -0.3 is 9.30 Å². The molecule has 1 fully saturated rings. The summed E-state index contributed by atoms with van der Waals surface area (Å²) >= 11 is 0. The average Bonchev–Trinajstić information content (AvgIpc) is 2.64. The predicted octanol–water partition coefficient (Wildman–Crippen LogP) is 2.35. The molecule has 0 atom stereocenters.